The first-order chi connectivity index (χ1) is 11.7. The molecule has 1 unspecified atom stereocenters. The minimum Gasteiger partial charge on any atom is -0.260 e. The Hall–Kier alpha value is -3.03. The molecule has 1 atom stereocenters. The van der Waals surface area contributed by atoms with Crippen molar-refractivity contribution in [1.82, 2.24) is 9.97 Å². The van der Waals surface area contributed by atoms with Crippen LogP contribution in [0.15, 0.2) is 66.9 Å². The van der Waals surface area contributed by atoms with Gasteiger partial charge in [0.1, 0.15) is 5.94 Å². The summed E-state index contributed by atoms with van der Waals surface area (Å²) in [5, 5.41) is 0. The van der Waals surface area contributed by atoms with E-state index in [1.807, 2.05) is 74.5 Å². The van der Waals surface area contributed by atoms with Crippen LogP contribution in [-0.4, -0.2) is 15.9 Å². The van der Waals surface area contributed by atoms with E-state index >= 15 is 0 Å². The Bertz CT molecular complexity index is 822. The van der Waals surface area contributed by atoms with E-state index < -0.39 is 0 Å². The molecular formula is C21H18N2O. The zero-order valence-electron chi connectivity index (χ0n) is 13.7. The fraction of sp³-hybridized carbons (Fsp3) is 0.143. The summed E-state index contributed by atoms with van der Waals surface area (Å²) in [6, 6.07) is 19.5. The van der Waals surface area contributed by atoms with Gasteiger partial charge in [0.05, 0.1) is 17.2 Å². The summed E-state index contributed by atoms with van der Waals surface area (Å²) < 4.78 is 0. The maximum absolute atomic E-state index is 11.9. The first-order valence-corrected chi connectivity index (χ1v) is 7.85. The van der Waals surface area contributed by atoms with Crippen LogP contribution in [0.4, 0.5) is 0 Å². The Morgan fingerprint density at radius 2 is 1.62 bits per heavy atom. The molecule has 2 heterocycles. The predicted octanol–water partition coefficient (Wildman–Crippen LogP) is 4.14. The third-order valence-corrected chi connectivity index (χ3v) is 3.91. The van der Waals surface area contributed by atoms with Gasteiger partial charge in [-0.15, -0.1) is 0 Å². The van der Waals surface area contributed by atoms with E-state index in [2.05, 4.69) is 15.9 Å². The van der Waals surface area contributed by atoms with Crippen molar-refractivity contribution in [1.29, 1.82) is 0 Å². The van der Waals surface area contributed by atoms with E-state index in [4.69, 9.17) is 0 Å². The summed E-state index contributed by atoms with van der Waals surface area (Å²) in [5.74, 6) is 1.91. The normalized spacial score (nSPS) is 11.6. The molecule has 2 aromatic heterocycles. The van der Waals surface area contributed by atoms with Gasteiger partial charge in [-0.2, -0.15) is 0 Å². The lowest BCUT2D eigenvalue weighted by atomic mass is 9.84. The lowest BCUT2D eigenvalue weighted by Crippen LogP contribution is -2.07. The lowest BCUT2D eigenvalue weighted by Gasteiger charge is -2.19. The van der Waals surface area contributed by atoms with Crippen LogP contribution in [0.5, 0.6) is 0 Å². The van der Waals surface area contributed by atoms with Crippen molar-refractivity contribution in [2.75, 3.05) is 0 Å². The minimum atomic E-state index is -0.258. The highest BCUT2D eigenvalue weighted by Crippen LogP contribution is 2.35. The third-order valence-electron chi connectivity index (χ3n) is 3.91. The first-order valence-electron chi connectivity index (χ1n) is 7.85. The largest absolute Gasteiger partial charge is 0.260 e. The summed E-state index contributed by atoms with van der Waals surface area (Å²) in [4.78, 5) is 20.8. The number of allylic oxidation sites excluding steroid dienone is 1. The van der Waals surface area contributed by atoms with Crippen LogP contribution >= 0.6 is 0 Å². The molecule has 0 bridgehead atoms. The average molecular weight is 314 g/mol. The topological polar surface area (TPSA) is 42.9 Å². The van der Waals surface area contributed by atoms with Crippen molar-refractivity contribution in [3.63, 3.8) is 0 Å². The zero-order chi connectivity index (χ0) is 16.9. The van der Waals surface area contributed by atoms with Gasteiger partial charge < -0.3 is 0 Å². The average Bonchev–Trinajstić information content (AvgIpc) is 2.60. The van der Waals surface area contributed by atoms with Gasteiger partial charge in [-0.1, -0.05) is 36.4 Å². The second-order valence-corrected chi connectivity index (χ2v) is 5.75. The fourth-order valence-corrected chi connectivity index (χ4v) is 2.95. The van der Waals surface area contributed by atoms with Gasteiger partial charge in [0.2, 0.25) is 0 Å². The number of carbonyl (C=O) groups excluding carboxylic acids is 1. The van der Waals surface area contributed by atoms with E-state index in [9.17, 15) is 4.79 Å². The van der Waals surface area contributed by atoms with E-state index in [-0.39, 0.29) is 5.92 Å². The summed E-state index contributed by atoms with van der Waals surface area (Å²) in [7, 11) is 0. The van der Waals surface area contributed by atoms with Gasteiger partial charge in [0.25, 0.3) is 0 Å². The maximum Gasteiger partial charge on any atom is 0.129 e. The second-order valence-electron chi connectivity index (χ2n) is 5.75. The Labute approximate surface area is 141 Å². The van der Waals surface area contributed by atoms with Crippen LogP contribution in [0.1, 0.15) is 34.1 Å². The molecule has 1 aromatic carbocycles. The highest BCUT2D eigenvalue weighted by Gasteiger charge is 2.23. The van der Waals surface area contributed by atoms with Crippen LogP contribution in [0.2, 0.25) is 0 Å². The quantitative estimate of drug-likeness (QED) is 0.680. The number of rotatable bonds is 4. The molecule has 0 fully saturated rings. The number of aromatic nitrogens is 2. The van der Waals surface area contributed by atoms with Crippen LogP contribution in [-0.2, 0) is 4.79 Å². The van der Waals surface area contributed by atoms with Crippen LogP contribution in [0.3, 0.4) is 0 Å². The van der Waals surface area contributed by atoms with Crippen molar-refractivity contribution in [2.24, 2.45) is 0 Å². The van der Waals surface area contributed by atoms with Gasteiger partial charge in [-0.05, 0) is 49.2 Å². The maximum atomic E-state index is 11.9. The molecule has 3 nitrogen and oxygen atoms in total. The molecule has 3 rings (SSSR count). The highest BCUT2D eigenvalue weighted by atomic mass is 16.1. The molecular weight excluding hydrogens is 296 g/mol. The molecule has 3 aromatic rings. The number of benzene rings is 1. The molecule has 0 amide bonds. The Kier molecular flexibility index (Phi) is 4.64. The van der Waals surface area contributed by atoms with E-state index in [0.717, 1.165) is 28.2 Å². The van der Waals surface area contributed by atoms with Crippen LogP contribution in [0, 0.1) is 13.8 Å². The monoisotopic (exact) mass is 314 g/mol. The van der Waals surface area contributed by atoms with Gasteiger partial charge in [0.15, 0.2) is 0 Å². The van der Waals surface area contributed by atoms with Gasteiger partial charge in [0, 0.05) is 17.6 Å². The fourth-order valence-electron chi connectivity index (χ4n) is 2.95. The Morgan fingerprint density at radius 1 is 0.958 bits per heavy atom. The highest BCUT2D eigenvalue weighted by molar-refractivity contribution is 5.92. The van der Waals surface area contributed by atoms with E-state index in [1.54, 1.807) is 6.20 Å². The number of nitrogens with zero attached hydrogens (tertiary/aromatic N) is 2. The van der Waals surface area contributed by atoms with Crippen molar-refractivity contribution >= 4 is 11.5 Å². The molecule has 0 aliphatic rings. The van der Waals surface area contributed by atoms with Crippen LogP contribution in [0.25, 0.3) is 5.57 Å². The van der Waals surface area contributed by atoms with Crippen molar-refractivity contribution in [2.45, 2.75) is 19.8 Å². The molecule has 0 aliphatic heterocycles. The molecule has 0 aliphatic carbocycles. The number of aryl methyl sites for hydroxylation is 2. The molecule has 0 N–H and O–H groups in total. The lowest BCUT2D eigenvalue weighted by molar-refractivity contribution is 0.568. The summed E-state index contributed by atoms with van der Waals surface area (Å²) >= 11 is 0. The summed E-state index contributed by atoms with van der Waals surface area (Å²) in [6.07, 6.45) is 1.75. The molecule has 118 valence electrons. The number of hydrogen-bond donors (Lipinski definition) is 0. The van der Waals surface area contributed by atoms with E-state index in [1.165, 1.54) is 0 Å². The zero-order valence-corrected chi connectivity index (χ0v) is 13.7. The Morgan fingerprint density at radius 3 is 2.21 bits per heavy atom. The van der Waals surface area contributed by atoms with Gasteiger partial charge >= 0.3 is 0 Å². The molecule has 0 radical (unpaired) electrons. The molecule has 0 saturated heterocycles. The van der Waals surface area contributed by atoms with Crippen molar-refractivity contribution in [3.05, 3.63) is 95.1 Å². The summed E-state index contributed by atoms with van der Waals surface area (Å²) in [6.45, 7) is 3.86. The third kappa shape index (κ3) is 3.32. The van der Waals surface area contributed by atoms with Crippen molar-refractivity contribution in [3.8, 4) is 0 Å². The Balaban J connectivity index is 2.19. The molecule has 3 heteroatoms. The smallest absolute Gasteiger partial charge is 0.129 e. The van der Waals surface area contributed by atoms with Crippen molar-refractivity contribution < 1.29 is 4.79 Å². The van der Waals surface area contributed by atoms with Crippen LogP contribution < -0.4 is 0 Å². The first kappa shape index (κ1) is 15.9. The standard InChI is InChI=1S/C21H18N2O/c1-15-12-18(13-16(2)23-15)19(14-24)21(17-8-4-3-5-9-17)20-10-6-7-11-22-20/h3-13,21H,1-2H3. The van der Waals surface area contributed by atoms with Gasteiger partial charge in [-0.3, -0.25) is 9.97 Å². The minimum absolute atomic E-state index is 0.258. The molecule has 0 saturated carbocycles. The molecule has 24 heavy (non-hydrogen) atoms. The predicted molar refractivity (Wildman–Crippen MR) is 95.3 cm³/mol. The number of hydrogen-bond acceptors (Lipinski definition) is 3. The molecule has 0 spiro atoms. The second kappa shape index (κ2) is 7.03. The SMILES string of the molecule is Cc1cc(C(=C=O)C(c2ccccc2)c2ccccn2)cc(C)n1. The van der Waals surface area contributed by atoms with Gasteiger partial charge in [-0.25, -0.2) is 4.79 Å². The number of pyridine rings is 2. The summed E-state index contributed by atoms with van der Waals surface area (Å²) in [5.41, 5.74) is 5.02. The van der Waals surface area contributed by atoms with E-state index in [0.29, 0.717) is 5.57 Å².